The van der Waals surface area contributed by atoms with Crippen LogP contribution in [-0.4, -0.2) is 122 Å². The number of β-lactam (4-membered cyclic amide) rings is 1. The molecule has 0 spiro atoms. The van der Waals surface area contributed by atoms with Gasteiger partial charge in [0, 0.05) is 48.2 Å². The number of amides is 7. The topological polar surface area (TPSA) is 239 Å². The Hall–Kier alpha value is -5.63. The number of pyridine rings is 1. The van der Waals surface area contributed by atoms with Gasteiger partial charge in [0.05, 0.1) is 0 Å². The van der Waals surface area contributed by atoms with Crippen LogP contribution in [0.3, 0.4) is 0 Å². The fraction of sp³-hybridized carbons (Fsp3) is 0.323. The van der Waals surface area contributed by atoms with Gasteiger partial charge < -0.3 is 31.1 Å². The predicted octanol–water partition coefficient (Wildman–Crippen LogP) is -1.35. The number of hydrogen-bond acceptors (Lipinski definition) is 11. The fourth-order valence-electron chi connectivity index (χ4n) is 5.64. The first-order chi connectivity index (χ1) is 24.4. The van der Waals surface area contributed by atoms with Crippen LogP contribution in [0.25, 0.3) is 0 Å². The molecular weight excluding hydrogens is 709 g/mol. The van der Waals surface area contributed by atoms with Gasteiger partial charge in [-0.15, -0.1) is 23.5 Å². The van der Waals surface area contributed by atoms with Gasteiger partial charge in [0.1, 0.15) is 17.1 Å². The number of benzene rings is 1. The second kappa shape index (κ2) is 15.5. The van der Waals surface area contributed by atoms with Gasteiger partial charge in [-0.05, 0) is 18.1 Å². The zero-order valence-corrected chi connectivity index (χ0v) is 28.6. The van der Waals surface area contributed by atoms with Crippen LogP contribution in [0.2, 0.25) is 0 Å². The molecule has 0 unspecified atom stereocenters. The van der Waals surface area contributed by atoms with Crippen molar-refractivity contribution in [2.45, 2.75) is 28.9 Å². The number of nitrogens with zero attached hydrogens (tertiary/aromatic N) is 4. The molecule has 2 fully saturated rings. The number of thioether (sulfide) groups is 2. The molecule has 0 bridgehead atoms. The Balaban J connectivity index is 1.34. The second-order valence-electron chi connectivity index (χ2n) is 11.2. The van der Waals surface area contributed by atoms with Crippen LogP contribution in [0.15, 0.2) is 71.0 Å². The molecule has 3 atom stereocenters. The number of carbonyl (C=O) groups excluding carboxylic acids is 6. The van der Waals surface area contributed by atoms with Gasteiger partial charge in [-0.3, -0.25) is 38.6 Å². The lowest BCUT2D eigenvalue weighted by atomic mass is 9.94. The van der Waals surface area contributed by atoms with Crippen LogP contribution in [0.4, 0.5) is 4.79 Å². The van der Waals surface area contributed by atoms with E-state index in [0.29, 0.717) is 10.5 Å². The first kappa shape index (κ1) is 36.6. The number of nitrogens with one attached hydrogen (secondary N) is 4. The molecule has 268 valence electrons. The maximum absolute atomic E-state index is 13.9. The number of carboxylic acid groups (broad SMARTS) is 2. The Morgan fingerprint density at radius 2 is 1.76 bits per heavy atom. The largest absolute Gasteiger partial charge is 0.480 e. The van der Waals surface area contributed by atoms with Gasteiger partial charge in [0.25, 0.3) is 5.91 Å². The summed E-state index contributed by atoms with van der Waals surface area (Å²) in [5.74, 6) is -5.96. The maximum Gasteiger partial charge on any atom is 0.352 e. The zero-order chi connectivity index (χ0) is 36.9. The molecule has 51 heavy (non-hydrogen) atoms. The minimum absolute atomic E-state index is 0.101. The standard InChI is InChI=1S/C31H32N8O10S2/c1-2-36-12-13-38(26(45)25(36)44)30(49)34-22(18-6-4-3-5-7-18)24(43)35-31(32-17-40)28(48)39-23(27(46)47)19(16-51-29(31)39)15-50-20-8-10-37(11-9-20)33-14-21(41)42/h3-11,17,22,29,33H,2,12-16H2,1H3,(H4-,32,34,35,40,41,42,43,46,47,49)/p+1/t22-,29-,31-/m1/s1. The van der Waals surface area contributed by atoms with Crippen molar-refractivity contribution in [3.05, 3.63) is 71.7 Å². The van der Waals surface area contributed by atoms with Crippen molar-refractivity contribution < 1.29 is 53.2 Å². The maximum atomic E-state index is 13.9. The number of imide groups is 1. The molecule has 3 aliphatic heterocycles. The minimum atomic E-state index is -2.09. The average Bonchev–Trinajstić information content (AvgIpc) is 3.12. The number of fused-ring (bicyclic) bond motifs is 1. The number of piperazine rings is 1. The number of carbonyl (C=O) groups is 8. The molecule has 3 aliphatic rings. The zero-order valence-electron chi connectivity index (χ0n) is 26.9. The average molecular weight is 742 g/mol. The summed E-state index contributed by atoms with van der Waals surface area (Å²) in [5, 5.41) is 25.3. The lowest BCUT2D eigenvalue weighted by Gasteiger charge is -2.56. The number of aromatic nitrogens is 1. The summed E-state index contributed by atoms with van der Waals surface area (Å²) in [5.41, 5.74) is 0.937. The smallest absolute Gasteiger partial charge is 0.352 e. The second-order valence-corrected chi connectivity index (χ2v) is 13.4. The van der Waals surface area contributed by atoms with Crippen molar-refractivity contribution in [1.82, 2.24) is 30.7 Å². The highest BCUT2D eigenvalue weighted by molar-refractivity contribution is 8.01. The number of aliphatic carboxylic acids is 2. The van der Waals surface area contributed by atoms with E-state index >= 15 is 0 Å². The molecular formula is C31H33N8O10S2+. The van der Waals surface area contributed by atoms with Crippen molar-refractivity contribution >= 4 is 71.5 Å². The molecule has 20 heteroatoms. The summed E-state index contributed by atoms with van der Waals surface area (Å²) in [4.78, 5) is 105. The molecule has 0 aliphatic carbocycles. The third-order valence-corrected chi connectivity index (χ3v) is 10.7. The van der Waals surface area contributed by atoms with Crippen molar-refractivity contribution in [3.63, 3.8) is 0 Å². The Kier molecular flexibility index (Phi) is 11.1. The fourth-order valence-corrected chi connectivity index (χ4v) is 8.08. The minimum Gasteiger partial charge on any atom is -0.480 e. The highest BCUT2D eigenvalue weighted by Crippen LogP contribution is 2.46. The quantitative estimate of drug-likeness (QED) is 0.0328. The van der Waals surface area contributed by atoms with Gasteiger partial charge in [-0.2, -0.15) is 5.43 Å². The molecule has 6 N–H and O–H groups in total. The SMILES string of the molecule is CCN1CCN(C(=O)N[C@@H](C(=O)N[C@]2(NC=O)C(=O)N3C(C(=O)O)=C(CSc4cc[n+](NCC(=O)O)cc4)CS[C@@H]32)c2ccccc2)C(=O)C1=O. The molecule has 1 aromatic heterocycles. The van der Waals surface area contributed by atoms with Crippen molar-refractivity contribution in [2.24, 2.45) is 0 Å². The van der Waals surface area contributed by atoms with Crippen molar-refractivity contribution in [3.8, 4) is 0 Å². The van der Waals surface area contributed by atoms with Crippen molar-refractivity contribution in [1.29, 1.82) is 0 Å². The first-order valence-electron chi connectivity index (χ1n) is 15.4. The summed E-state index contributed by atoms with van der Waals surface area (Å²) < 4.78 is 1.45. The normalized spacial score (nSPS) is 20.5. The molecule has 2 saturated heterocycles. The van der Waals surface area contributed by atoms with E-state index in [1.807, 2.05) is 0 Å². The van der Waals surface area contributed by atoms with E-state index in [1.165, 1.54) is 33.5 Å². The van der Waals surface area contributed by atoms with Crippen molar-refractivity contribution in [2.75, 3.05) is 43.1 Å². The number of rotatable bonds is 14. The van der Waals surface area contributed by atoms with E-state index in [1.54, 1.807) is 49.6 Å². The van der Waals surface area contributed by atoms with Crippen LogP contribution in [0, 0.1) is 0 Å². The van der Waals surface area contributed by atoms with E-state index < -0.39 is 58.7 Å². The van der Waals surface area contributed by atoms with Gasteiger partial charge in [-0.1, -0.05) is 35.0 Å². The Morgan fingerprint density at radius 1 is 1.06 bits per heavy atom. The lowest BCUT2D eigenvalue weighted by Crippen LogP contribution is -2.85. The van der Waals surface area contributed by atoms with E-state index in [-0.39, 0.29) is 55.4 Å². The summed E-state index contributed by atoms with van der Waals surface area (Å²) in [6.45, 7) is 1.65. The summed E-state index contributed by atoms with van der Waals surface area (Å²) in [7, 11) is 0. The van der Waals surface area contributed by atoms with Crippen LogP contribution in [-0.2, 0) is 33.6 Å². The highest BCUT2D eigenvalue weighted by atomic mass is 32.2. The van der Waals surface area contributed by atoms with Gasteiger partial charge in [0.15, 0.2) is 6.54 Å². The monoisotopic (exact) mass is 741 g/mol. The van der Waals surface area contributed by atoms with Gasteiger partial charge >= 0.3 is 29.8 Å². The van der Waals surface area contributed by atoms with E-state index in [2.05, 4.69) is 21.4 Å². The van der Waals surface area contributed by atoms with Crippen LogP contribution >= 0.6 is 23.5 Å². The third-order valence-electron chi connectivity index (χ3n) is 8.19. The highest BCUT2D eigenvalue weighted by Gasteiger charge is 2.66. The number of urea groups is 1. The summed E-state index contributed by atoms with van der Waals surface area (Å²) in [6, 6.07) is 8.75. The molecule has 4 heterocycles. The molecule has 0 radical (unpaired) electrons. The number of likely N-dealkylation sites (N-methyl/N-ethyl adjacent to an activating group) is 1. The lowest BCUT2D eigenvalue weighted by molar-refractivity contribution is -0.649. The van der Waals surface area contributed by atoms with E-state index in [4.69, 9.17) is 5.11 Å². The molecule has 0 saturated carbocycles. The van der Waals surface area contributed by atoms with Crippen LogP contribution in [0.5, 0.6) is 0 Å². The Bertz CT molecular complexity index is 1790. The van der Waals surface area contributed by atoms with Gasteiger partial charge in [0.2, 0.25) is 30.4 Å². The molecule has 7 amide bonds. The molecule has 5 rings (SSSR count). The molecule has 2 aromatic rings. The van der Waals surface area contributed by atoms with Crippen LogP contribution in [0.1, 0.15) is 18.5 Å². The molecule has 1 aromatic carbocycles. The Morgan fingerprint density at radius 3 is 2.39 bits per heavy atom. The number of carboxylic acids is 2. The number of hydrogen-bond donors (Lipinski definition) is 6. The summed E-state index contributed by atoms with van der Waals surface area (Å²) in [6.07, 6.45) is 3.39. The Labute approximate surface area is 298 Å². The van der Waals surface area contributed by atoms with Gasteiger partial charge in [-0.25, -0.2) is 9.59 Å². The van der Waals surface area contributed by atoms with Crippen LogP contribution < -0.4 is 26.1 Å². The molecule has 18 nitrogen and oxygen atoms in total. The van der Waals surface area contributed by atoms with E-state index in [9.17, 15) is 43.5 Å². The predicted molar refractivity (Wildman–Crippen MR) is 179 cm³/mol. The first-order valence-corrected chi connectivity index (χ1v) is 17.4. The third kappa shape index (κ3) is 7.45. The summed E-state index contributed by atoms with van der Waals surface area (Å²) >= 11 is 2.40. The van der Waals surface area contributed by atoms with E-state index in [0.717, 1.165) is 21.6 Å².